The number of carboxylic acids is 1. The highest BCUT2D eigenvalue weighted by Crippen LogP contribution is 2.51. The van der Waals surface area contributed by atoms with Crippen LogP contribution in [-0.4, -0.2) is 34.0 Å². The van der Waals surface area contributed by atoms with Crippen LogP contribution in [0.1, 0.15) is 5.69 Å². The Bertz CT molecular complexity index is 721. The van der Waals surface area contributed by atoms with Crippen molar-refractivity contribution in [2.24, 2.45) is 17.8 Å². The highest BCUT2D eigenvalue weighted by molar-refractivity contribution is 6.35. The first kappa shape index (κ1) is 13.0. The summed E-state index contributed by atoms with van der Waals surface area (Å²) >= 11 is 6.19. The molecule has 0 radical (unpaired) electrons. The van der Waals surface area contributed by atoms with Crippen LogP contribution in [0.4, 0.5) is 0 Å². The average molecular weight is 303 g/mol. The Kier molecular flexibility index (Phi) is 2.91. The van der Waals surface area contributed by atoms with Crippen molar-refractivity contribution in [3.8, 4) is 0 Å². The number of hydrogen-bond donors (Lipinski definition) is 1. The molecule has 3 atom stereocenters. The number of piperidine rings is 1. The van der Waals surface area contributed by atoms with Crippen LogP contribution in [-0.2, 0) is 11.3 Å². The fourth-order valence-corrected chi connectivity index (χ4v) is 3.80. The first-order valence-electron chi connectivity index (χ1n) is 7.13. The normalized spacial score (nSPS) is 27.8. The second kappa shape index (κ2) is 4.68. The molecule has 1 aliphatic heterocycles. The molecule has 5 heteroatoms. The number of pyridine rings is 1. The summed E-state index contributed by atoms with van der Waals surface area (Å²) in [6.07, 6.45) is 0. The number of benzene rings is 1. The third-order valence-corrected chi connectivity index (χ3v) is 4.97. The lowest BCUT2D eigenvalue weighted by Crippen LogP contribution is -2.26. The Morgan fingerprint density at radius 1 is 1.29 bits per heavy atom. The van der Waals surface area contributed by atoms with Crippen LogP contribution in [0.15, 0.2) is 30.3 Å². The minimum absolute atomic E-state index is 0.111. The number of rotatable bonds is 3. The van der Waals surface area contributed by atoms with Crippen molar-refractivity contribution in [1.29, 1.82) is 0 Å². The summed E-state index contributed by atoms with van der Waals surface area (Å²) in [5.74, 6) is -0.0707. The second-order valence-electron chi connectivity index (χ2n) is 6.00. The van der Waals surface area contributed by atoms with Gasteiger partial charge < -0.3 is 5.11 Å². The van der Waals surface area contributed by atoms with Crippen molar-refractivity contribution in [3.63, 3.8) is 0 Å². The third kappa shape index (κ3) is 2.19. The first-order valence-corrected chi connectivity index (χ1v) is 7.50. The molecule has 2 fully saturated rings. The van der Waals surface area contributed by atoms with Crippen LogP contribution in [0.3, 0.4) is 0 Å². The Morgan fingerprint density at radius 2 is 2.05 bits per heavy atom. The maximum Gasteiger partial charge on any atom is 0.307 e. The number of para-hydroxylation sites is 1. The molecule has 0 spiro atoms. The molecule has 2 aliphatic rings. The molecule has 2 heterocycles. The number of nitrogens with zero attached hydrogens (tertiary/aromatic N) is 2. The minimum atomic E-state index is -0.639. The van der Waals surface area contributed by atoms with Gasteiger partial charge in [-0.2, -0.15) is 0 Å². The van der Waals surface area contributed by atoms with Gasteiger partial charge in [0.25, 0.3) is 0 Å². The van der Waals surface area contributed by atoms with Crippen molar-refractivity contribution >= 4 is 28.5 Å². The van der Waals surface area contributed by atoms with Gasteiger partial charge in [-0.15, -0.1) is 0 Å². The number of likely N-dealkylation sites (tertiary alicyclic amines) is 1. The Morgan fingerprint density at radius 3 is 2.76 bits per heavy atom. The summed E-state index contributed by atoms with van der Waals surface area (Å²) in [5.41, 5.74) is 1.83. The molecule has 2 aromatic rings. The van der Waals surface area contributed by atoms with E-state index < -0.39 is 5.97 Å². The molecule has 1 aromatic heterocycles. The number of aliphatic carboxylic acids is 1. The molecule has 4 nitrogen and oxygen atoms in total. The highest BCUT2D eigenvalue weighted by atomic mass is 35.5. The quantitative estimate of drug-likeness (QED) is 0.947. The molecule has 1 aliphatic carbocycles. The van der Waals surface area contributed by atoms with E-state index in [4.69, 9.17) is 16.7 Å². The Balaban J connectivity index is 1.49. The van der Waals surface area contributed by atoms with E-state index in [-0.39, 0.29) is 5.92 Å². The highest BCUT2D eigenvalue weighted by Gasteiger charge is 2.59. The predicted octanol–water partition coefficient (Wildman–Crippen LogP) is 2.65. The molecule has 108 valence electrons. The molecule has 1 N–H and O–H groups in total. The van der Waals surface area contributed by atoms with Gasteiger partial charge in [0.05, 0.1) is 22.2 Å². The Labute approximate surface area is 127 Å². The van der Waals surface area contributed by atoms with E-state index in [9.17, 15) is 4.79 Å². The molecule has 1 unspecified atom stereocenters. The van der Waals surface area contributed by atoms with Crippen molar-refractivity contribution in [3.05, 3.63) is 41.0 Å². The smallest absolute Gasteiger partial charge is 0.307 e. The molecule has 21 heavy (non-hydrogen) atoms. The fourth-order valence-electron chi connectivity index (χ4n) is 3.58. The van der Waals surface area contributed by atoms with Gasteiger partial charge in [-0.1, -0.05) is 29.8 Å². The lowest BCUT2D eigenvalue weighted by molar-refractivity contribution is -0.139. The maximum atomic E-state index is 11.0. The van der Waals surface area contributed by atoms with Gasteiger partial charge in [0, 0.05) is 25.0 Å². The number of aromatic nitrogens is 1. The topological polar surface area (TPSA) is 53.4 Å². The summed E-state index contributed by atoms with van der Waals surface area (Å²) in [7, 11) is 0. The van der Waals surface area contributed by atoms with Crippen LogP contribution in [0.25, 0.3) is 10.9 Å². The zero-order chi connectivity index (χ0) is 14.6. The predicted molar refractivity (Wildman–Crippen MR) is 80.1 cm³/mol. The first-order chi connectivity index (χ1) is 10.1. The number of hydrogen-bond acceptors (Lipinski definition) is 3. The molecule has 1 aromatic carbocycles. The summed E-state index contributed by atoms with van der Waals surface area (Å²) in [4.78, 5) is 17.9. The van der Waals surface area contributed by atoms with Gasteiger partial charge in [-0.25, -0.2) is 4.98 Å². The van der Waals surface area contributed by atoms with Crippen molar-refractivity contribution < 1.29 is 9.90 Å². The van der Waals surface area contributed by atoms with Crippen LogP contribution in [0.5, 0.6) is 0 Å². The van der Waals surface area contributed by atoms with E-state index in [0.29, 0.717) is 16.9 Å². The monoisotopic (exact) mass is 302 g/mol. The van der Waals surface area contributed by atoms with E-state index in [1.807, 2.05) is 30.3 Å². The molecule has 0 bridgehead atoms. The van der Waals surface area contributed by atoms with E-state index in [1.165, 1.54) is 0 Å². The van der Waals surface area contributed by atoms with Gasteiger partial charge in [0.2, 0.25) is 0 Å². The molecule has 1 saturated heterocycles. The molecule has 1 saturated carbocycles. The van der Waals surface area contributed by atoms with Crippen molar-refractivity contribution in [2.75, 3.05) is 13.1 Å². The number of halogens is 1. The van der Waals surface area contributed by atoms with Crippen LogP contribution in [0.2, 0.25) is 5.02 Å². The second-order valence-corrected chi connectivity index (χ2v) is 6.41. The number of carbonyl (C=O) groups is 1. The lowest BCUT2D eigenvalue weighted by Gasteiger charge is -2.18. The fraction of sp³-hybridized carbons (Fsp3) is 0.375. The van der Waals surface area contributed by atoms with Gasteiger partial charge in [-0.05, 0) is 24.0 Å². The van der Waals surface area contributed by atoms with E-state index >= 15 is 0 Å². The van der Waals surface area contributed by atoms with Gasteiger partial charge in [-0.3, -0.25) is 9.69 Å². The van der Waals surface area contributed by atoms with Crippen LogP contribution >= 0.6 is 11.6 Å². The van der Waals surface area contributed by atoms with E-state index in [2.05, 4.69) is 9.88 Å². The van der Waals surface area contributed by atoms with E-state index in [0.717, 1.165) is 36.2 Å². The summed E-state index contributed by atoms with van der Waals surface area (Å²) < 4.78 is 0. The van der Waals surface area contributed by atoms with Gasteiger partial charge >= 0.3 is 5.97 Å². The zero-order valence-corrected chi connectivity index (χ0v) is 12.1. The zero-order valence-electron chi connectivity index (χ0n) is 11.4. The van der Waals surface area contributed by atoms with Crippen molar-refractivity contribution in [2.45, 2.75) is 6.54 Å². The third-order valence-electron chi connectivity index (χ3n) is 4.67. The van der Waals surface area contributed by atoms with Crippen molar-refractivity contribution in [1.82, 2.24) is 9.88 Å². The van der Waals surface area contributed by atoms with Crippen LogP contribution < -0.4 is 0 Å². The van der Waals surface area contributed by atoms with Crippen LogP contribution in [0, 0.1) is 17.8 Å². The van der Waals surface area contributed by atoms with Gasteiger partial charge in [0.1, 0.15) is 0 Å². The molecule has 0 amide bonds. The lowest BCUT2D eigenvalue weighted by atomic mass is 10.2. The molecule has 4 rings (SSSR count). The molecular weight excluding hydrogens is 288 g/mol. The maximum absolute atomic E-state index is 11.0. The summed E-state index contributed by atoms with van der Waals surface area (Å²) in [6, 6.07) is 9.84. The standard InChI is InChI=1S/C16H15ClN2O2/c17-13-3-1-2-9-4-5-10(18-15(9)13)6-19-7-11-12(8-19)14(11)16(20)21/h1-5,11-12,14H,6-8H2,(H,20,21)/t11-,12+,14?. The minimum Gasteiger partial charge on any atom is -0.481 e. The van der Waals surface area contributed by atoms with E-state index in [1.54, 1.807) is 0 Å². The SMILES string of the molecule is O=C(O)C1[C@H]2CN(Cc3ccc4cccc(Cl)c4n3)C[C@@H]12. The number of fused-ring (bicyclic) bond motifs is 2. The Hall–Kier alpha value is -1.65. The largest absolute Gasteiger partial charge is 0.481 e. The average Bonchev–Trinajstić information content (AvgIpc) is 2.98. The van der Waals surface area contributed by atoms with Gasteiger partial charge in [0.15, 0.2) is 0 Å². The summed E-state index contributed by atoms with van der Waals surface area (Å²) in [5, 5.41) is 10.8. The summed E-state index contributed by atoms with van der Waals surface area (Å²) in [6.45, 7) is 2.49. The number of carboxylic acid groups (broad SMARTS) is 1. The molecular formula is C16H15ClN2O2.